The van der Waals surface area contributed by atoms with Crippen molar-refractivity contribution in [3.8, 4) is 0 Å². The van der Waals surface area contributed by atoms with Crippen LogP contribution in [0.4, 0.5) is 4.79 Å². The summed E-state index contributed by atoms with van der Waals surface area (Å²) in [6, 6.07) is 8.25. The van der Waals surface area contributed by atoms with Crippen LogP contribution >= 0.6 is 0 Å². The standard InChI is InChI=1S/C18H24N2O4/c1-2-23-18(22)24-17-12-20(10-8-16(17)21)9-7-13-11-19-15-6-4-3-5-14(13)15/h3-6,11,16-17,19,21H,2,7-10,12H2,1H3/t16-,17+/m0/s1. The van der Waals surface area contributed by atoms with E-state index in [-0.39, 0.29) is 6.61 Å². The highest BCUT2D eigenvalue weighted by atomic mass is 16.7. The van der Waals surface area contributed by atoms with Gasteiger partial charge in [-0.25, -0.2) is 4.79 Å². The van der Waals surface area contributed by atoms with Gasteiger partial charge in [-0.05, 0) is 31.4 Å². The zero-order valence-corrected chi connectivity index (χ0v) is 13.9. The van der Waals surface area contributed by atoms with Gasteiger partial charge in [0.05, 0.1) is 12.7 Å². The maximum Gasteiger partial charge on any atom is 0.508 e. The van der Waals surface area contributed by atoms with E-state index in [9.17, 15) is 9.90 Å². The Hall–Kier alpha value is -2.05. The van der Waals surface area contributed by atoms with Crippen LogP contribution in [-0.2, 0) is 15.9 Å². The van der Waals surface area contributed by atoms with E-state index in [1.54, 1.807) is 6.92 Å². The predicted octanol–water partition coefficient (Wildman–Crippen LogP) is 2.32. The van der Waals surface area contributed by atoms with Gasteiger partial charge in [-0.3, -0.25) is 4.90 Å². The van der Waals surface area contributed by atoms with Crippen LogP contribution in [0.2, 0.25) is 0 Å². The first kappa shape index (κ1) is 16.8. The number of nitrogens with one attached hydrogen (secondary N) is 1. The number of hydrogen-bond donors (Lipinski definition) is 2. The van der Waals surface area contributed by atoms with E-state index in [1.165, 1.54) is 10.9 Å². The Kier molecular flexibility index (Phi) is 5.37. The zero-order valence-electron chi connectivity index (χ0n) is 13.9. The lowest BCUT2D eigenvalue weighted by Crippen LogP contribution is -2.49. The molecule has 1 saturated heterocycles. The van der Waals surface area contributed by atoms with Gasteiger partial charge in [0.2, 0.25) is 0 Å². The average Bonchev–Trinajstić information content (AvgIpc) is 2.99. The minimum absolute atomic E-state index is 0.270. The monoisotopic (exact) mass is 332 g/mol. The van der Waals surface area contributed by atoms with E-state index in [0.29, 0.717) is 13.0 Å². The van der Waals surface area contributed by atoms with E-state index in [4.69, 9.17) is 9.47 Å². The van der Waals surface area contributed by atoms with Crippen molar-refractivity contribution in [2.24, 2.45) is 0 Å². The second kappa shape index (κ2) is 7.68. The van der Waals surface area contributed by atoms with Gasteiger partial charge in [0.25, 0.3) is 0 Å². The lowest BCUT2D eigenvalue weighted by molar-refractivity contribution is -0.0670. The lowest BCUT2D eigenvalue weighted by Gasteiger charge is -2.35. The maximum absolute atomic E-state index is 11.5. The van der Waals surface area contributed by atoms with Crippen molar-refractivity contribution in [1.29, 1.82) is 0 Å². The molecule has 0 aliphatic carbocycles. The molecule has 2 atom stereocenters. The third kappa shape index (κ3) is 3.88. The number of likely N-dealkylation sites (tertiary alicyclic amines) is 1. The summed E-state index contributed by atoms with van der Waals surface area (Å²) in [5, 5.41) is 11.3. The second-order valence-corrected chi connectivity index (χ2v) is 6.11. The summed E-state index contributed by atoms with van der Waals surface area (Å²) in [7, 11) is 0. The molecule has 0 bridgehead atoms. The smallest absolute Gasteiger partial charge is 0.435 e. The maximum atomic E-state index is 11.5. The van der Waals surface area contributed by atoms with E-state index >= 15 is 0 Å². The average molecular weight is 332 g/mol. The van der Waals surface area contributed by atoms with Crippen LogP contribution in [0.15, 0.2) is 30.5 Å². The molecule has 1 aromatic carbocycles. The molecular weight excluding hydrogens is 308 g/mol. The Labute approximate surface area is 141 Å². The van der Waals surface area contributed by atoms with Gasteiger partial charge in [-0.2, -0.15) is 0 Å². The molecule has 0 radical (unpaired) electrons. The summed E-state index contributed by atoms with van der Waals surface area (Å²) in [6.45, 7) is 4.18. The van der Waals surface area contributed by atoms with E-state index in [0.717, 1.165) is 25.0 Å². The molecule has 130 valence electrons. The van der Waals surface area contributed by atoms with Gasteiger partial charge in [0.15, 0.2) is 0 Å². The summed E-state index contributed by atoms with van der Waals surface area (Å²) in [5.74, 6) is 0. The number of nitrogens with zero attached hydrogens (tertiary/aromatic N) is 1. The Morgan fingerprint density at radius 1 is 1.42 bits per heavy atom. The molecular formula is C18H24N2O4. The van der Waals surface area contributed by atoms with E-state index in [1.807, 2.05) is 12.1 Å². The number of carbonyl (C=O) groups excluding carboxylic acids is 1. The number of aliphatic hydroxyl groups excluding tert-OH is 1. The lowest BCUT2D eigenvalue weighted by atomic mass is 10.0. The molecule has 6 heteroatoms. The first-order valence-corrected chi connectivity index (χ1v) is 8.46. The predicted molar refractivity (Wildman–Crippen MR) is 91.0 cm³/mol. The van der Waals surface area contributed by atoms with Crippen molar-refractivity contribution in [3.63, 3.8) is 0 Å². The summed E-state index contributed by atoms with van der Waals surface area (Å²) in [4.78, 5) is 17.0. The van der Waals surface area contributed by atoms with E-state index < -0.39 is 18.4 Å². The molecule has 2 N–H and O–H groups in total. The van der Waals surface area contributed by atoms with Crippen molar-refractivity contribution >= 4 is 17.1 Å². The van der Waals surface area contributed by atoms with Gasteiger partial charge in [-0.15, -0.1) is 0 Å². The molecule has 6 nitrogen and oxygen atoms in total. The molecule has 1 aliphatic heterocycles. The van der Waals surface area contributed by atoms with Crippen LogP contribution in [-0.4, -0.2) is 59.6 Å². The molecule has 1 aliphatic rings. The van der Waals surface area contributed by atoms with Gasteiger partial charge >= 0.3 is 6.16 Å². The molecule has 2 aromatic rings. The molecule has 1 aromatic heterocycles. The molecule has 1 fully saturated rings. The number of para-hydroxylation sites is 1. The fourth-order valence-electron chi connectivity index (χ4n) is 3.18. The van der Waals surface area contributed by atoms with Gasteiger partial charge in [0, 0.05) is 36.7 Å². The van der Waals surface area contributed by atoms with Gasteiger partial charge in [0.1, 0.15) is 6.10 Å². The second-order valence-electron chi connectivity index (χ2n) is 6.11. The number of H-pyrrole nitrogens is 1. The van der Waals surface area contributed by atoms with Crippen molar-refractivity contribution in [2.75, 3.05) is 26.2 Å². The highest BCUT2D eigenvalue weighted by Gasteiger charge is 2.31. The number of aromatic nitrogens is 1. The molecule has 0 unspecified atom stereocenters. The van der Waals surface area contributed by atoms with Crippen LogP contribution in [0, 0.1) is 0 Å². The van der Waals surface area contributed by atoms with Crippen LogP contribution < -0.4 is 0 Å². The molecule has 3 rings (SSSR count). The largest absolute Gasteiger partial charge is 0.508 e. The van der Waals surface area contributed by atoms with E-state index in [2.05, 4.69) is 28.2 Å². The van der Waals surface area contributed by atoms with Crippen molar-refractivity contribution in [2.45, 2.75) is 32.0 Å². The first-order valence-electron chi connectivity index (χ1n) is 8.46. The number of hydrogen-bond acceptors (Lipinski definition) is 5. The van der Waals surface area contributed by atoms with Crippen LogP contribution in [0.3, 0.4) is 0 Å². The molecule has 0 amide bonds. The Bertz CT molecular complexity index is 684. The number of piperidine rings is 1. The zero-order chi connectivity index (χ0) is 16.9. The summed E-state index contributed by atoms with van der Waals surface area (Å²) >= 11 is 0. The summed E-state index contributed by atoms with van der Waals surface area (Å²) < 4.78 is 10.0. The first-order chi connectivity index (χ1) is 11.7. The highest BCUT2D eigenvalue weighted by Crippen LogP contribution is 2.20. The number of ether oxygens (including phenoxy) is 2. The molecule has 0 spiro atoms. The SMILES string of the molecule is CCOC(=O)O[C@@H]1CN(CCc2c[nH]c3ccccc23)CC[C@@H]1O. The van der Waals surface area contributed by atoms with Gasteiger partial charge < -0.3 is 19.6 Å². The molecule has 24 heavy (non-hydrogen) atoms. The Morgan fingerprint density at radius 2 is 2.25 bits per heavy atom. The highest BCUT2D eigenvalue weighted by molar-refractivity contribution is 5.83. The fraction of sp³-hybridized carbons (Fsp3) is 0.500. The molecule has 0 saturated carbocycles. The Morgan fingerprint density at radius 3 is 3.08 bits per heavy atom. The number of benzene rings is 1. The van der Waals surface area contributed by atoms with Crippen molar-refractivity contribution in [3.05, 3.63) is 36.0 Å². The number of aliphatic hydroxyl groups is 1. The topological polar surface area (TPSA) is 74.8 Å². The summed E-state index contributed by atoms with van der Waals surface area (Å²) in [5.41, 5.74) is 2.42. The van der Waals surface area contributed by atoms with Crippen LogP contribution in [0.5, 0.6) is 0 Å². The van der Waals surface area contributed by atoms with Gasteiger partial charge in [-0.1, -0.05) is 18.2 Å². The number of aromatic amines is 1. The minimum atomic E-state index is -0.708. The number of fused-ring (bicyclic) bond motifs is 1. The Balaban J connectivity index is 1.56. The van der Waals surface area contributed by atoms with Crippen molar-refractivity contribution in [1.82, 2.24) is 9.88 Å². The van der Waals surface area contributed by atoms with Crippen molar-refractivity contribution < 1.29 is 19.4 Å². The minimum Gasteiger partial charge on any atom is -0.435 e. The number of carbonyl (C=O) groups is 1. The summed E-state index contributed by atoms with van der Waals surface area (Å²) in [6.07, 6.45) is 1.69. The van der Waals surface area contributed by atoms with Crippen LogP contribution in [0.25, 0.3) is 10.9 Å². The molecule has 2 heterocycles. The third-order valence-corrected chi connectivity index (χ3v) is 4.49. The number of rotatable bonds is 5. The quantitative estimate of drug-likeness (QED) is 0.822. The fourth-order valence-corrected chi connectivity index (χ4v) is 3.18. The normalized spacial score (nSPS) is 21.8. The van der Waals surface area contributed by atoms with Crippen LogP contribution in [0.1, 0.15) is 18.9 Å². The third-order valence-electron chi connectivity index (χ3n) is 4.49.